The molecule has 26 heavy (non-hydrogen) atoms. The molecule has 9 heteroatoms. The van der Waals surface area contributed by atoms with E-state index in [0.29, 0.717) is 23.4 Å². The van der Waals surface area contributed by atoms with Gasteiger partial charge in [0.05, 0.1) is 18.1 Å². The number of benzene rings is 1. The summed E-state index contributed by atoms with van der Waals surface area (Å²) in [6, 6.07) is 5.23. The van der Waals surface area contributed by atoms with E-state index >= 15 is 0 Å². The zero-order valence-electron chi connectivity index (χ0n) is 13.0. The molecule has 0 N–H and O–H groups in total. The largest absolute Gasteiger partial charge is 0.458 e. The van der Waals surface area contributed by atoms with Crippen molar-refractivity contribution in [1.82, 2.24) is 14.8 Å². The van der Waals surface area contributed by atoms with E-state index in [4.69, 9.17) is 0 Å². The van der Waals surface area contributed by atoms with Crippen molar-refractivity contribution in [2.45, 2.75) is 18.5 Å². The van der Waals surface area contributed by atoms with Gasteiger partial charge >= 0.3 is 12.1 Å². The summed E-state index contributed by atoms with van der Waals surface area (Å²) < 4.78 is 79.5. The second-order valence-electron chi connectivity index (χ2n) is 5.52. The summed E-state index contributed by atoms with van der Waals surface area (Å²) in [5.74, 6) is -5.59. The third-order valence-corrected chi connectivity index (χ3v) is 3.79. The van der Waals surface area contributed by atoms with Crippen LogP contribution in [0.25, 0.3) is 5.69 Å². The van der Waals surface area contributed by atoms with Crippen LogP contribution in [0.3, 0.4) is 0 Å². The highest BCUT2D eigenvalue weighted by Crippen LogP contribution is 2.43. The lowest BCUT2D eigenvalue weighted by Crippen LogP contribution is -2.33. The molecular formula is C17H11F6N3. The summed E-state index contributed by atoms with van der Waals surface area (Å²) >= 11 is 0. The van der Waals surface area contributed by atoms with Gasteiger partial charge in [0.25, 0.3) is 0 Å². The van der Waals surface area contributed by atoms with E-state index in [1.54, 1.807) is 12.3 Å². The Morgan fingerprint density at radius 2 is 1.65 bits per heavy atom. The molecule has 3 rings (SSSR count). The van der Waals surface area contributed by atoms with Gasteiger partial charge in [-0.05, 0) is 11.6 Å². The van der Waals surface area contributed by atoms with Crippen molar-refractivity contribution in [3.05, 3.63) is 77.6 Å². The van der Waals surface area contributed by atoms with E-state index in [-0.39, 0.29) is 12.0 Å². The van der Waals surface area contributed by atoms with Crippen LogP contribution in [0, 0.1) is 5.82 Å². The van der Waals surface area contributed by atoms with E-state index < -0.39 is 23.5 Å². The average Bonchev–Trinajstić information content (AvgIpc) is 3.10. The lowest BCUT2D eigenvalue weighted by atomic mass is 10.0. The first-order valence-corrected chi connectivity index (χ1v) is 7.36. The molecule has 0 amide bonds. The number of rotatable bonds is 4. The molecule has 0 saturated carbocycles. The smallest absolute Gasteiger partial charge is 0.259 e. The fraction of sp³-hybridized carbons (Fsp3) is 0.176. The van der Waals surface area contributed by atoms with Crippen molar-refractivity contribution < 1.29 is 26.3 Å². The minimum absolute atomic E-state index is 0.0264. The molecule has 0 unspecified atom stereocenters. The zero-order valence-corrected chi connectivity index (χ0v) is 13.0. The predicted molar refractivity (Wildman–Crippen MR) is 80.5 cm³/mol. The van der Waals surface area contributed by atoms with Crippen LogP contribution in [0.2, 0.25) is 0 Å². The van der Waals surface area contributed by atoms with Crippen LogP contribution in [0.15, 0.2) is 55.1 Å². The lowest BCUT2D eigenvalue weighted by molar-refractivity contribution is -0.289. The summed E-state index contributed by atoms with van der Waals surface area (Å²) in [6.45, 7) is 0. The molecular weight excluding hydrogens is 360 g/mol. The quantitative estimate of drug-likeness (QED) is 0.625. The third kappa shape index (κ3) is 3.29. The molecule has 3 nitrogen and oxygen atoms in total. The highest BCUT2D eigenvalue weighted by Gasteiger charge is 2.58. The molecule has 2 aromatic heterocycles. The van der Waals surface area contributed by atoms with Crippen molar-refractivity contribution in [3.8, 4) is 5.69 Å². The standard InChI is InChI=1S/C17H11F6N3/c18-14-9-24-10-15(26-7-1-6-25-26)13(14)8-11-2-4-12(5-3-11)16(19,20)17(21,22)23/h1-7,9-10H,8H2. The number of hydrogen-bond donors (Lipinski definition) is 0. The van der Waals surface area contributed by atoms with Crippen molar-refractivity contribution >= 4 is 0 Å². The molecule has 0 fully saturated rings. The summed E-state index contributed by atoms with van der Waals surface area (Å²) in [7, 11) is 0. The van der Waals surface area contributed by atoms with Gasteiger partial charge in [-0.2, -0.15) is 27.1 Å². The molecule has 1 aromatic carbocycles. The van der Waals surface area contributed by atoms with Crippen molar-refractivity contribution in [2.24, 2.45) is 0 Å². The molecule has 0 aliphatic rings. The fourth-order valence-electron chi connectivity index (χ4n) is 2.43. The van der Waals surface area contributed by atoms with Crippen molar-refractivity contribution in [3.63, 3.8) is 0 Å². The number of hydrogen-bond acceptors (Lipinski definition) is 2. The van der Waals surface area contributed by atoms with Gasteiger partial charge in [0.1, 0.15) is 5.82 Å². The van der Waals surface area contributed by atoms with E-state index in [0.717, 1.165) is 18.3 Å². The molecule has 136 valence electrons. The van der Waals surface area contributed by atoms with Gasteiger partial charge in [0, 0.05) is 29.9 Å². The van der Waals surface area contributed by atoms with Crippen molar-refractivity contribution in [1.29, 1.82) is 0 Å². The highest BCUT2D eigenvalue weighted by atomic mass is 19.4. The normalized spacial score (nSPS) is 12.4. The van der Waals surface area contributed by atoms with E-state index in [1.165, 1.54) is 17.1 Å². The molecule has 0 aliphatic heterocycles. The van der Waals surface area contributed by atoms with Gasteiger partial charge in [-0.25, -0.2) is 9.07 Å². The molecule has 3 aromatic rings. The fourth-order valence-corrected chi connectivity index (χ4v) is 2.43. The molecule has 2 heterocycles. The second kappa shape index (κ2) is 6.47. The Kier molecular flexibility index (Phi) is 4.47. The Balaban J connectivity index is 1.92. The van der Waals surface area contributed by atoms with Crippen LogP contribution in [0.4, 0.5) is 26.3 Å². The van der Waals surface area contributed by atoms with E-state index in [1.807, 2.05) is 0 Å². The van der Waals surface area contributed by atoms with Crippen LogP contribution in [0.1, 0.15) is 16.7 Å². The topological polar surface area (TPSA) is 30.7 Å². The van der Waals surface area contributed by atoms with Crippen LogP contribution < -0.4 is 0 Å². The molecule has 0 bridgehead atoms. The summed E-state index contributed by atoms with van der Waals surface area (Å²) in [6.07, 6.45) is -0.262. The first kappa shape index (κ1) is 18.0. The van der Waals surface area contributed by atoms with Gasteiger partial charge in [-0.3, -0.25) is 4.98 Å². The Labute approximate surface area is 143 Å². The van der Waals surface area contributed by atoms with Crippen LogP contribution in [0.5, 0.6) is 0 Å². The summed E-state index contributed by atoms with van der Waals surface area (Å²) in [5, 5.41) is 3.99. The Hall–Kier alpha value is -2.84. The van der Waals surface area contributed by atoms with Crippen LogP contribution in [-0.4, -0.2) is 20.9 Å². The minimum Gasteiger partial charge on any atom is -0.259 e. The van der Waals surface area contributed by atoms with E-state index in [2.05, 4.69) is 10.1 Å². The maximum Gasteiger partial charge on any atom is 0.458 e. The number of pyridine rings is 1. The SMILES string of the molecule is Fc1cncc(-n2cccn2)c1Cc1ccc(C(F)(F)C(F)(F)F)cc1. The third-order valence-electron chi connectivity index (χ3n) is 3.79. The van der Waals surface area contributed by atoms with E-state index in [9.17, 15) is 26.3 Å². The first-order valence-electron chi connectivity index (χ1n) is 7.36. The monoisotopic (exact) mass is 371 g/mol. The Bertz CT molecular complexity index is 886. The first-order chi connectivity index (χ1) is 12.2. The predicted octanol–water partition coefficient (Wildman–Crippen LogP) is 4.65. The van der Waals surface area contributed by atoms with Gasteiger partial charge in [-0.15, -0.1) is 0 Å². The summed E-state index contributed by atoms with van der Waals surface area (Å²) in [4.78, 5) is 3.76. The lowest BCUT2D eigenvalue weighted by Gasteiger charge is -2.20. The second-order valence-corrected chi connectivity index (χ2v) is 5.52. The van der Waals surface area contributed by atoms with Crippen molar-refractivity contribution in [2.75, 3.05) is 0 Å². The zero-order chi connectivity index (χ0) is 18.9. The molecule has 0 radical (unpaired) electrons. The van der Waals surface area contributed by atoms with Crippen LogP contribution in [-0.2, 0) is 12.3 Å². The van der Waals surface area contributed by atoms with Gasteiger partial charge in [0.15, 0.2) is 0 Å². The number of halogens is 6. The van der Waals surface area contributed by atoms with Gasteiger partial charge < -0.3 is 0 Å². The maximum atomic E-state index is 14.2. The molecule has 0 atom stereocenters. The number of aromatic nitrogens is 3. The van der Waals surface area contributed by atoms with Crippen LogP contribution >= 0.6 is 0 Å². The van der Waals surface area contributed by atoms with Gasteiger partial charge in [-0.1, -0.05) is 24.3 Å². The summed E-state index contributed by atoms with van der Waals surface area (Å²) in [5.41, 5.74) is -0.264. The Morgan fingerprint density at radius 1 is 0.962 bits per heavy atom. The maximum absolute atomic E-state index is 14.2. The molecule has 0 aliphatic carbocycles. The van der Waals surface area contributed by atoms with Gasteiger partial charge in [0.2, 0.25) is 0 Å². The Morgan fingerprint density at radius 3 is 2.23 bits per heavy atom. The minimum atomic E-state index is -5.68. The number of nitrogens with zero attached hydrogens (tertiary/aromatic N) is 3. The number of alkyl halides is 5. The molecule has 0 saturated heterocycles. The average molecular weight is 371 g/mol. The molecule has 0 spiro atoms. The highest BCUT2D eigenvalue weighted by molar-refractivity contribution is 5.42.